The number of anilines is 3. The Bertz CT molecular complexity index is 1490. The summed E-state index contributed by atoms with van der Waals surface area (Å²) in [5.41, 5.74) is 4.69. The van der Waals surface area contributed by atoms with Gasteiger partial charge in [0.2, 0.25) is 0 Å². The summed E-state index contributed by atoms with van der Waals surface area (Å²) in [6.07, 6.45) is 6.29. The minimum absolute atomic E-state index is 0.113. The maximum Gasteiger partial charge on any atom is 0.335 e. The maximum atomic E-state index is 12.8. The van der Waals surface area contributed by atoms with E-state index in [2.05, 4.69) is 22.4 Å². The second-order valence-corrected chi connectivity index (χ2v) is 10.7. The lowest BCUT2D eigenvalue weighted by Gasteiger charge is -2.22. The lowest BCUT2D eigenvalue weighted by Crippen LogP contribution is -2.24. The van der Waals surface area contributed by atoms with Crippen molar-refractivity contribution in [2.24, 2.45) is 0 Å². The highest BCUT2D eigenvalue weighted by atomic mass is 32.1. The van der Waals surface area contributed by atoms with Crippen molar-refractivity contribution in [3.05, 3.63) is 94.9 Å². The highest BCUT2D eigenvalue weighted by Gasteiger charge is 2.19. The number of benzene rings is 3. The third-order valence-electron chi connectivity index (χ3n) is 7.13. The smallest absolute Gasteiger partial charge is 0.335 e. The van der Waals surface area contributed by atoms with E-state index in [-0.39, 0.29) is 18.0 Å². The molecule has 40 heavy (non-hydrogen) atoms. The largest absolute Gasteiger partial charge is 0.480 e. The number of hydrogen-bond donors (Lipinski definition) is 3. The first-order valence-electron chi connectivity index (χ1n) is 13.2. The first kappa shape index (κ1) is 27.1. The number of aliphatic carboxylic acids is 1. The van der Waals surface area contributed by atoms with Crippen molar-refractivity contribution in [2.45, 2.75) is 38.0 Å². The Balaban J connectivity index is 1.26. The summed E-state index contributed by atoms with van der Waals surface area (Å²) in [5.74, 6) is -1.67. The molecule has 1 aromatic heterocycles. The fraction of sp³-hybridized carbons (Fsp3) is 0.226. The number of rotatable bonds is 9. The van der Waals surface area contributed by atoms with E-state index in [1.54, 1.807) is 12.1 Å². The predicted molar refractivity (Wildman–Crippen MR) is 156 cm³/mol. The van der Waals surface area contributed by atoms with Crippen molar-refractivity contribution in [3.8, 4) is 11.3 Å². The molecule has 3 aromatic carbocycles. The van der Waals surface area contributed by atoms with Gasteiger partial charge in [0.15, 0.2) is 5.13 Å². The number of aromatic carboxylic acids is 1. The Labute approximate surface area is 235 Å². The van der Waals surface area contributed by atoms with Crippen molar-refractivity contribution in [2.75, 3.05) is 16.8 Å². The minimum atomic E-state index is -1.06. The number of nitrogens with zero attached hydrogens (tertiary/aromatic N) is 2. The van der Waals surface area contributed by atoms with E-state index >= 15 is 0 Å². The van der Waals surface area contributed by atoms with Crippen LogP contribution in [0.4, 0.5) is 16.5 Å². The number of carbonyl (C=O) groups excluding carboxylic acids is 1. The van der Waals surface area contributed by atoms with Crippen LogP contribution in [-0.2, 0) is 4.79 Å². The van der Waals surface area contributed by atoms with Gasteiger partial charge in [0, 0.05) is 27.9 Å². The van der Waals surface area contributed by atoms with Crippen LogP contribution in [0.15, 0.2) is 78.2 Å². The Kier molecular flexibility index (Phi) is 8.21. The van der Waals surface area contributed by atoms with Crippen molar-refractivity contribution in [1.82, 2.24) is 4.98 Å². The van der Waals surface area contributed by atoms with Crippen molar-refractivity contribution >= 4 is 45.7 Å². The number of thiazole rings is 1. The van der Waals surface area contributed by atoms with Crippen LogP contribution in [0.1, 0.15) is 64.3 Å². The van der Waals surface area contributed by atoms with Gasteiger partial charge in [0.25, 0.3) is 5.91 Å². The average molecular weight is 556 g/mol. The zero-order valence-electron chi connectivity index (χ0n) is 21.7. The van der Waals surface area contributed by atoms with Crippen LogP contribution in [-0.4, -0.2) is 39.6 Å². The molecule has 1 aliphatic carbocycles. The van der Waals surface area contributed by atoms with Crippen LogP contribution in [0, 0.1) is 0 Å². The molecule has 1 fully saturated rings. The molecule has 0 saturated heterocycles. The number of carboxylic acid groups (broad SMARTS) is 2. The van der Waals surface area contributed by atoms with E-state index in [0.29, 0.717) is 33.7 Å². The summed E-state index contributed by atoms with van der Waals surface area (Å²) in [7, 11) is 0. The molecule has 1 amide bonds. The molecule has 1 saturated carbocycles. The van der Waals surface area contributed by atoms with E-state index in [4.69, 9.17) is 5.11 Å². The maximum absolute atomic E-state index is 12.8. The quantitative estimate of drug-likeness (QED) is 0.203. The van der Waals surface area contributed by atoms with Crippen molar-refractivity contribution in [3.63, 3.8) is 0 Å². The number of carboxylic acids is 2. The van der Waals surface area contributed by atoms with Crippen LogP contribution in [0.5, 0.6) is 0 Å². The Morgan fingerprint density at radius 3 is 2.12 bits per heavy atom. The van der Waals surface area contributed by atoms with E-state index in [1.807, 2.05) is 41.8 Å². The van der Waals surface area contributed by atoms with Gasteiger partial charge < -0.3 is 20.4 Å². The number of aromatic nitrogens is 1. The zero-order chi connectivity index (χ0) is 28.1. The molecule has 0 aliphatic heterocycles. The van der Waals surface area contributed by atoms with Gasteiger partial charge in [-0.05, 0) is 72.9 Å². The van der Waals surface area contributed by atoms with Crippen LogP contribution in [0.2, 0.25) is 0 Å². The number of amides is 1. The monoisotopic (exact) mass is 555 g/mol. The molecule has 0 radical (unpaired) electrons. The number of carbonyl (C=O) groups is 3. The molecule has 4 aromatic rings. The molecule has 3 N–H and O–H groups in total. The van der Waals surface area contributed by atoms with Gasteiger partial charge >= 0.3 is 11.9 Å². The Morgan fingerprint density at radius 1 is 0.850 bits per heavy atom. The predicted octanol–water partition coefficient (Wildman–Crippen LogP) is 7.03. The van der Waals surface area contributed by atoms with Crippen molar-refractivity contribution < 1.29 is 24.6 Å². The summed E-state index contributed by atoms with van der Waals surface area (Å²) < 4.78 is 0. The molecule has 1 heterocycles. The van der Waals surface area contributed by atoms with Gasteiger partial charge in [-0.2, -0.15) is 0 Å². The lowest BCUT2D eigenvalue weighted by atomic mass is 9.84. The number of nitrogens with one attached hydrogen (secondary N) is 1. The Hall–Kier alpha value is -4.50. The van der Waals surface area contributed by atoms with Gasteiger partial charge in [-0.25, -0.2) is 9.78 Å². The molecule has 204 valence electrons. The van der Waals surface area contributed by atoms with Gasteiger partial charge in [0.05, 0.1) is 11.3 Å². The van der Waals surface area contributed by atoms with E-state index in [0.717, 1.165) is 5.56 Å². The van der Waals surface area contributed by atoms with Gasteiger partial charge in [-0.1, -0.05) is 43.5 Å². The summed E-state index contributed by atoms with van der Waals surface area (Å²) in [6, 6.07) is 21.2. The summed E-state index contributed by atoms with van der Waals surface area (Å²) in [4.78, 5) is 41.7. The second-order valence-electron chi connectivity index (χ2n) is 9.84. The molecule has 0 spiro atoms. The molecule has 0 atom stereocenters. The minimum Gasteiger partial charge on any atom is -0.480 e. The summed E-state index contributed by atoms with van der Waals surface area (Å²) in [6.45, 7) is -0.327. The Morgan fingerprint density at radius 2 is 1.50 bits per heavy atom. The van der Waals surface area contributed by atoms with E-state index < -0.39 is 11.9 Å². The standard InChI is InChI=1S/C31H29N3O5S/c35-28(36)18-34(26-16-12-24(13-17-26)30(38)39)31-33-27(19-40-31)22-10-14-25(15-11-22)32-29(37)23-8-6-21(7-9-23)20-4-2-1-3-5-20/h6-17,19-20H,1-5,18H2,(H,32,37)(H,35,36)(H,38,39). The van der Waals surface area contributed by atoms with E-state index in [9.17, 15) is 19.5 Å². The third kappa shape index (κ3) is 6.38. The first-order valence-corrected chi connectivity index (χ1v) is 14.1. The molecule has 0 unspecified atom stereocenters. The second kappa shape index (κ2) is 12.1. The molecule has 8 nitrogen and oxygen atoms in total. The molecular weight excluding hydrogens is 526 g/mol. The summed E-state index contributed by atoms with van der Waals surface area (Å²) in [5, 5.41) is 23.8. The fourth-order valence-corrected chi connectivity index (χ4v) is 5.83. The number of hydrogen-bond acceptors (Lipinski definition) is 6. The fourth-order valence-electron chi connectivity index (χ4n) is 4.98. The highest BCUT2D eigenvalue weighted by Crippen LogP contribution is 2.34. The normalized spacial score (nSPS) is 13.5. The highest BCUT2D eigenvalue weighted by molar-refractivity contribution is 7.14. The molecular formula is C31H29N3O5S. The van der Waals surface area contributed by atoms with Gasteiger partial charge in [-0.3, -0.25) is 9.59 Å². The van der Waals surface area contributed by atoms with Crippen LogP contribution in [0.25, 0.3) is 11.3 Å². The summed E-state index contributed by atoms with van der Waals surface area (Å²) >= 11 is 1.29. The van der Waals surface area contributed by atoms with Crippen LogP contribution >= 0.6 is 11.3 Å². The first-order chi connectivity index (χ1) is 19.4. The SMILES string of the molecule is O=C(O)CN(c1ccc(C(=O)O)cc1)c1nc(-c2ccc(NC(=O)c3ccc(C4CCCCC4)cc3)cc2)cs1. The van der Waals surface area contributed by atoms with Crippen LogP contribution in [0.3, 0.4) is 0 Å². The molecule has 5 rings (SSSR count). The third-order valence-corrected chi connectivity index (χ3v) is 7.99. The molecule has 9 heteroatoms. The lowest BCUT2D eigenvalue weighted by molar-refractivity contribution is -0.135. The van der Waals surface area contributed by atoms with Crippen molar-refractivity contribution in [1.29, 1.82) is 0 Å². The van der Waals surface area contributed by atoms with Gasteiger partial charge in [-0.15, -0.1) is 11.3 Å². The zero-order valence-corrected chi connectivity index (χ0v) is 22.6. The molecule has 0 bridgehead atoms. The van der Waals surface area contributed by atoms with Gasteiger partial charge in [0.1, 0.15) is 6.54 Å². The van der Waals surface area contributed by atoms with E-state index in [1.165, 1.54) is 66.0 Å². The molecule has 1 aliphatic rings. The topological polar surface area (TPSA) is 120 Å². The van der Waals surface area contributed by atoms with Crippen LogP contribution < -0.4 is 10.2 Å². The average Bonchev–Trinajstić information content (AvgIpc) is 3.47.